The SMILES string of the molecule is CCOc1cc(C(=O)NC2CCCC2CN)ccc1OCc1cccnc1.Cl.Cl. The van der Waals surface area contributed by atoms with E-state index in [2.05, 4.69) is 10.3 Å². The summed E-state index contributed by atoms with van der Waals surface area (Å²) in [6.07, 6.45) is 6.66. The van der Waals surface area contributed by atoms with Crippen LogP contribution in [-0.2, 0) is 6.61 Å². The minimum absolute atomic E-state index is 0. The Hall–Kier alpha value is -2.02. The van der Waals surface area contributed by atoms with E-state index >= 15 is 0 Å². The quantitative estimate of drug-likeness (QED) is 0.650. The Balaban J connectivity index is 0.00000210. The standard InChI is InChI=1S/C21H27N3O3.2ClH/c1-2-26-20-11-16(21(25)24-18-7-3-6-17(18)12-22)8-9-19(20)27-14-15-5-4-10-23-13-15;;/h4-5,8-11,13,17-18H,2-3,6-7,12,14,22H2,1H3,(H,24,25);2*1H. The van der Waals surface area contributed by atoms with Crippen LogP contribution in [0.25, 0.3) is 0 Å². The van der Waals surface area contributed by atoms with Crippen molar-refractivity contribution >= 4 is 30.7 Å². The molecule has 2 unspecified atom stereocenters. The molecule has 0 bridgehead atoms. The van der Waals surface area contributed by atoms with Gasteiger partial charge in [0.05, 0.1) is 6.61 Å². The van der Waals surface area contributed by atoms with Crippen LogP contribution in [0.5, 0.6) is 11.5 Å². The minimum Gasteiger partial charge on any atom is -0.490 e. The fraction of sp³-hybridized carbons (Fsp3) is 0.429. The van der Waals surface area contributed by atoms with Crippen molar-refractivity contribution in [2.45, 2.75) is 38.8 Å². The summed E-state index contributed by atoms with van der Waals surface area (Å²) < 4.78 is 11.6. The lowest BCUT2D eigenvalue weighted by molar-refractivity contribution is 0.0928. The van der Waals surface area contributed by atoms with Gasteiger partial charge in [0.15, 0.2) is 11.5 Å². The number of nitrogens with zero attached hydrogens (tertiary/aromatic N) is 1. The highest BCUT2D eigenvalue weighted by Gasteiger charge is 2.27. The van der Waals surface area contributed by atoms with E-state index in [1.807, 2.05) is 19.1 Å². The van der Waals surface area contributed by atoms with E-state index in [1.165, 1.54) is 0 Å². The first-order valence-electron chi connectivity index (χ1n) is 9.50. The molecule has 1 aromatic carbocycles. The third-order valence-electron chi connectivity index (χ3n) is 4.90. The fourth-order valence-electron chi connectivity index (χ4n) is 3.44. The summed E-state index contributed by atoms with van der Waals surface area (Å²) in [4.78, 5) is 16.7. The van der Waals surface area contributed by atoms with Gasteiger partial charge in [-0.2, -0.15) is 0 Å². The molecule has 6 nitrogen and oxygen atoms in total. The summed E-state index contributed by atoms with van der Waals surface area (Å²) in [7, 11) is 0. The molecule has 1 amide bonds. The number of pyridine rings is 1. The van der Waals surface area contributed by atoms with Crippen molar-refractivity contribution in [1.82, 2.24) is 10.3 Å². The maximum Gasteiger partial charge on any atom is 0.251 e. The van der Waals surface area contributed by atoms with Gasteiger partial charge >= 0.3 is 0 Å². The van der Waals surface area contributed by atoms with Crippen LogP contribution in [0.1, 0.15) is 42.1 Å². The zero-order valence-electron chi connectivity index (χ0n) is 16.5. The molecule has 2 atom stereocenters. The first-order valence-corrected chi connectivity index (χ1v) is 9.50. The van der Waals surface area contributed by atoms with E-state index in [1.54, 1.807) is 30.6 Å². The molecule has 2 aromatic rings. The first-order chi connectivity index (χ1) is 13.2. The Bertz CT molecular complexity index is 762. The topological polar surface area (TPSA) is 86.5 Å². The molecule has 0 aliphatic heterocycles. The smallest absolute Gasteiger partial charge is 0.251 e. The van der Waals surface area contributed by atoms with Crippen molar-refractivity contribution in [2.24, 2.45) is 11.7 Å². The van der Waals surface area contributed by atoms with E-state index in [0.717, 1.165) is 24.8 Å². The number of nitrogens with two attached hydrogens (primary N) is 1. The number of rotatable bonds is 8. The van der Waals surface area contributed by atoms with E-state index in [4.69, 9.17) is 15.2 Å². The third kappa shape index (κ3) is 6.77. The highest BCUT2D eigenvalue weighted by Crippen LogP contribution is 2.30. The highest BCUT2D eigenvalue weighted by atomic mass is 35.5. The predicted octanol–water partition coefficient (Wildman–Crippen LogP) is 3.76. The summed E-state index contributed by atoms with van der Waals surface area (Å²) in [5.74, 6) is 1.44. The Morgan fingerprint density at radius 3 is 2.72 bits per heavy atom. The molecule has 1 aliphatic rings. The summed E-state index contributed by atoms with van der Waals surface area (Å²) in [5.41, 5.74) is 7.34. The molecule has 1 saturated carbocycles. The number of carbonyl (C=O) groups is 1. The lowest BCUT2D eigenvalue weighted by Crippen LogP contribution is -2.39. The number of ether oxygens (including phenoxy) is 2. The Morgan fingerprint density at radius 1 is 1.21 bits per heavy atom. The second kappa shape index (κ2) is 12.5. The maximum atomic E-state index is 12.7. The largest absolute Gasteiger partial charge is 0.490 e. The third-order valence-corrected chi connectivity index (χ3v) is 4.90. The second-order valence-corrected chi connectivity index (χ2v) is 6.75. The molecule has 0 spiro atoms. The average molecular weight is 442 g/mol. The number of amides is 1. The molecule has 3 rings (SSSR count). The summed E-state index contributed by atoms with van der Waals surface area (Å²) in [5, 5.41) is 3.12. The van der Waals surface area contributed by atoms with Gasteiger partial charge in [0.2, 0.25) is 0 Å². The van der Waals surface area contributed by atoms with Gasteiger partial charge < -0.3 is 20.5 Å². The van der Waals surface area contributed by atoms with Crippen molar-refractivity contribution in [2.75, 3.05) is 13.2 Å². The number of halogens is 2. The van der Waals surface area contributed by atoms with Gasteiger partial charge in [-0.25, -0.2) is 0 Å². The van der Waals surface area contributed by atoms with Gasteiger partial charge in [0.25, 0.3) is 5.91 Å². The average Bonchev–Trinajstić information content (AvgIpc) is 3.15. The van der Waals surface area contributed by atoms with Crippen LogP contribution in [0.2, 0.25) is 0 Å². The van der Waals surface area contributed by atoms with E-state index in [-0.39, 0.29) is 36.8 Å². The van der Waals surface area contributed by atoms with Crippen LogP contribution in [0, 0.1) is 5.92 Å². The molecule has 1 fully saturated rings. The van der Waals surface area contributed by atoms with Gasteiger partial charge in [-0.05, 0) is 56.5 Å². The number of hydrogen-bond acceptors (Lipinski definition) is 5. The number of aromatic nitrogens is 1. The summed E-state index contributed by atoms with van der Waals surface area (Å²) in [6, 6.07) is 9.26. The van der Waals surface area contributed by atoms with Crippen molar-refractivity contribution in [1.29, 1.82) is 0 Å². The molecule has 1 aromatic heterocycles. The van der Waals surface area contributed by atoms with Crippen LogP contribution < -0.4 is 20.5 Å². The van der Waals surface area contributed by atoms with Crippen molar-refractivity contribution < 1.29 is 14.3 Å². The maximum absolute atomic E-state index is 12.7. The monoisotopic (exact) mass is 441 g/mol. The number of hydrogen-bond donors (Lipinski definition) is 2. The van der Waals surface area contributed by atoms with Crippen LogP contribution in [0.15, 0.2) is 42.7 Å². The first kappa shape index (κ1) is 25.0. The predicted molar refractivity (Wildman–Crippen MR) is 118 cm³/mol. The van der Waals surface area contributed by atoms with Crippen molar-refractivity contribution in [3.63, 3.8) is 0 Å². The van der Waals surface area contributed by atoms with Crippen molar-refractivity contribution in [3.8, 4) is 11.5 Å². The Morgan fingerprint density at radius 2 is 2.03 bits per heavy atom. The van der Waals surface area contributed by atoms with Gasteiger partial charge in [-0.15, -0.1) is 24.8 Å². The lowest BCUT2D eigenvalue weighted by Gasteiger charge is -2.20. The lowest BCUT2D eigenvalue weighted by atomic mass is 10.0. The zero-order valence-corrected chi connectivity index (χ0v) is 18.1. The van der Waals surface area contributed by atoms with E-state index in [9.17, 15) is 4.79 Å². The molecular formula is C21H29Cl2N3O3. The Kier molecular flexibility index (Phi) is 10.8. The molecule has 160 valence electrons. The number of benzene rings is 1. The molecule has 1 heterocycles. The van der Waals surface area contributed by atoms with Gasteiger partial charge in [0.1, 0.15) is 6.61 Å². The van der Waals surface area contributed by atoms with E-state index < -0.39 is 0 Å². The molecule has 0 saturated heterocycles. The van der Waals surface area contributed by atoms with Gasteiger partial charge in [-0.3, -0.25) is 9.78 Å². The van der Waals surface area contributed by atoms with Crippen LogP contribution in [-0.4, -0.2) is 30.1 Å². The second-order valence-electron chi connectivity index (χ2n) is 6.75. The molecule has 1 aliphatic carbocycles. The van der Waals surface area contributed by atoms with Gasteiger partial charge in [-0.1, -0.05) is 12.5 Å². The Labute approximate surface area is 184 Å². The molecular weight excluding hydrogens is 413 g/mol. The van der Waals surface area contributed by atoms with Crippen molar-refractivity contribution in [3.05, 3.63) is 53.9 Å². The van der Waals surface area contributed by atoms with Crippen LogP contribution in [0.4, 0.5) is 0 Å². The summed E-state index contributed by atoms with van der Waals surface area (Å²) >= 11 is 0. The normalized spacial score (nSPS) is 17.6. The molecule has 29 heavy (non-hydrogen) atoms. The van der Waals surface area contributed by atoms with Crippen LogP contribution in [0.3, 0.4) is 0 Å². The minimum atomic E-state index is -0.0971. The summed E-state index contributed by atoms with van der Waals surface area (Å²) in [6.45, 7) is 3.39. The number of carbonyl (C=O) groups excluding carboxylic acids is 1. The van der Waals surface area contributed by atoms with Gasteiger partial charge in [0, 0.05) is 29.6 Å². The zero-order chi connectivity index (χ0) is 19.1. The molecule has 8 heteroatoms. The van der Waals surface area contributed by atoms with Crippen LogP contribution >= 0.6 is 24.8 Å². The highest BCUT2D eigenvalue weighted by molar-refractivity contribution is 5.95. The molecule has 3 N–H and O–H groups in total. The number of nitrogens with one attached hydrogen (secondary N) is 1. The van der Waals surface area contributed by atoms with E-state index in [0.29, 0.717) is 42.7 Å². The molecule has 0 radical (unpaired) electrons. The fourth-order valence-corrected chi connectivity index (χ4v) is 3.44.